The number of rotatable bonds is 7. The number of nitrogens with two attached hydrogens (primary N) is 2. The van der Waals surface area contributed by atoms with Crippen molar-refractivity contribution in [2.45, 2.75) is 57.8 Å². The molecule has 0 bridgehead atoms. The van der Waals surface area contributed by atoms with Gasteiger partial charge in [-0.25, -0.2) is 9.59 Å². The molecule has 2 aliphatic heterocycles. The Hall–Kier alpha value is -3.03. The maximum atomic E-state index is 12.9. The molecule has 2 saturated heterocycles. The highest BCUT2D eigenvalue weighted by Gasteiger charge is 2.37. The number of nitrogens with one attached hydrogen (secondary N) is 1. The summed E-state index contributed by atoms with van der Waals surface area (Å²) in [5, 5.41) is 12.1. The standard InChI is InChI=1S/C28H42N8O4.ClH/c1-19-16-34(25(38)28(3,30)18-37)14-15-35(19)26(39)31-24-10-13-36(27(40)32-24)23-6-4-21(5-7-23)17-33-11-8-22(9-12-33)20(2)29;/h4-7,10,13,19-20,22,37H,8-9,11-12,14-18,29-30H2,1-3H3,(H,31,32,39,40);1H/t19-,20+,28+;/m1./s1. The molecule has 0 radical (unpaired) electrons. The molecule has 3 atom stereocenters. The number of urea groups is 1. The monoisotopic (exact) mass is 590 g/mol. The van der Waals surface area contributed by atoms with Crippen LogP contribution in [-0.2, 0) is 11.3 Å². The maximum absolute atomic E-state index is 12.9. The van der Waals surface area contributed by atoms with Gasteiger partial charge >= 0.3 is 11.7 Å². The largest absolute Gasteiger partial charge is 0.394 e. The summed E-state index contributed by atoms with van der Waals surface area (Å²) in [6.45, 7) is 8.72. The lowest BCUT2D eigenvalue weighted by Crippen LogP contribution is -2.62. The van der Waals surface area contributed by atoms with Crippen LogP contribution in [-0.4, -0.2) is 98.2 Å². The lowest BCUT2D eigenvalue weighted by atomic mass is 9.91. The van der Waals surface area contributed by atoms with Crippen molar-refractivity contribution >= 4 is 30.2 Å². The SMILES string of the molecule is C[C@H](N)C1CCN(Cc2ccc(-n3ccc(NC(=O)N4CCN(C(=O)[C@@](C)(N)CO)C[C@H]4C)nc3=O)cc2)CC1.Cl. The number of likely N-dealkylation sites (tertiary alicyclic amines) is 1. The number of aliphatic hydroxyl groups excluding tert-OH is 1. The molecule has 1 aromatic heterocycles. The van der Waals surface area contributed by atoms with Gasteiger partial charge in [-0.2, -0.15) is 4.98 Å². The summed E-state index contributed by atoms with van der Waals surface area (Å²) in [5.74, 6) is 0.385. The molecule has 0 unspecified atom stereocenters. The fourth-order valence-electron chi connectivity index (χ4n) is 5.38. The van der Waals surface area contributed by atoms with Crippen LogP contribution in [0.5, 0.6) is 0 Å². The van der Waals surface area contributed by atoms with E-state index in [4.69, 9.17) is 11.5 Å². The zero-order valence-electron chi connectivity index (χ0n) is 24.0. The fraction of sp³-hybridized carbons (Fsp3) is 0.571. The van der Waals surface area contributed by atoms with Gasteiger partial charge in [-0.05, 0) is 76.4 Å². The zero-order valence-corrected chi connectivity index (χ0v) is 24.8. The number of carbonyl (C=O) groups is 2. The quantitative estimate of drug-likeness (QED) is 0.371. The fourth-order valence-corrected chi connectivity index (χ4v) is 5.38. The molecule has 4 rings (SSSR count). The number of hydrogen-bond acceptors (Lipinski definition) is 8. The van der Waals surface area contributed by atoms with Crippen LogP contribution in [0.25, 0.3) is 5.69 Å². The van der Waals surface area contributed by atoms with Gasteiger partial charge in [0.25, 0.3) is 0 Å². The minimum Gasteiger partial charge on any atom is -0.394 e. The molecule has 12 nitrogen and oxygen atoms in total. The van der Waals surface area contributed by atoms with E-state index in [1.807, 2.05) is 31.2 Å². The van der Waals surface area contributed by atoms with Crippen molar-refractivity contribution in [1.29, 1.82) is 0 Å². The Bertz CT molecular complexity index is 1240. The molecule has 226 valence electrons. The summed E-state index contributed by atoms with van der Waals surface area (Å²) in [6.07, 6.45) is 3.83. The van der Waals surface area contributed by atoms with Gasteiger partial charge in [0.1, 0.15) is 11.4 Å². The van der Waals surface area contributed by atoms with Crippen LogP contribution in [0.3, 0.4) is 0 Å². The second kappa shape index (κ2) is 13.8. The number of hydrogen-bond donors (Lipinski definition) is 4. The molecule has 0 saturated carbocycles. The highest BCUT2D eigenvalue weighted by Crippen LogP contribution is 2.21. The third-order valence-corrected chi connectivity index (χ3v) is 8.03. The van der Waals surface area contributed by atoms with Crippen LogP contribution in [0.15, 0.2) is 41.3 Å². The molecule has 2 aliphatic rings. The lowest BCUT2D eigenvalue weighted by Gasteiger charge is -2.41. The van der Waals surface area contributed by atoms with Gasteiger partial charge in [0.15, 0.2) is 0 Å². The number of aromatic nitrogens is 2. The van der Waals surface area contributed by atoms with Crippen molar-refractivity contribution in [3.05, 3.63) is 52.6 Å². The molecular weight excluding hydrogens is 548 g/mol. The van der Waals surface area contributed by atoms with Crippen molar-refractivity contribution < 1.29 is 14.7 Å². The summed E-state index contributed by atoms with van der Waals surface area (Å²) >= 11 is 0. The Balaban J connectivity index is 0.00000462. The average Bonchev–Trinajstić information content (AvgIpc) is 2.93. The summed E-state index contributed by atoms with van der Waals surface area (Å²) in [4.78, 5) is 47.9. The molecule has 2 aromatic rings. The predicted molar refractivity (Wildman–Crippen MR) is 160 cm³/mol. The van der Waals surface area contributed by atoms with Crippen LogP contribution in [0.1, 0.15) is 39.2 Å². The topological polar surface area (TPSA) is 163 Å². The van der Waals surface area contributed by atoms with Crippen LogP contribution in [0, 0.1) is 5.92 Å². The van der Waals surface area contributed by atoms with Crippen LogP contribution < -0.4 is 22.5 Å². The van der Waals surface area contributed by atoms with Crippen LogP contribution >= 0.6 is 12.4 Å². The minimum absolute atomic E-state index is 0. The third kappa shape index (κ3) is 7.83. The number of carbonyl (C=O) groups excluding carboxylic acids is 2. The number of nitrogens with zero attached hydrogens (tertiary/aromatic N) is 5. The summed E-state index contributed by atoms with van der Waals surface area (Å²) < 4.78 is 1.44. The van der Waals surface area contributed by atoms with Gasteiger partial charge in [-0.1, -0.05) is 12.1 Å². The lowest BCUT2D eigenvalue weighted by molar-refractivity contribution is -0.140. The van der Waals surface area contributed by atoms with E-state index in [-0.39, 0.29) is 49.3 Å². The van der Waals surface area contributed by atoms with Crippen molar-refractivity contribution in [1.82, 2.24) is 24.3 Å². The molecule has 2 fully saturated rings. The Morgan fingerprint density at radius 1 is 1.15 bits per heavy atom. The number of benzene rings is 1. The Morgan fingerprint density at radius 3 is 2.37 bits per heavy atom. The Labute approximate surface area is 247 Å². The van der Waals surface area contributed by atoms with E-state index in [0.29, 0.717) is 18.2 Å². The molecule has 0 aliphatic carbocycles. The summed E-state index contributed by atoms with van der Waals surface area (Å²) in [7, 11) is 0. The van der Waals surface area contributed by atoms with E-state index in [1.165, 1.54) is 17.1 Å². The van der Waals surface area contributed by atoms with E-state index in [1.54, 1.807) is 22.1 Å². The minimum atomic E-state index is -1.36. The molecule has 0 spiro atoms. The van der Waals surface area contributed by atoms with Crippen molar-refractivity contribution in [2.75, 3.05) is 44.6 Å². The molecular formula is C28H43ClN8O4. The van der Waals surface area contributed by atoms with E-state index in [9.17, 15) is 19.5 Å². The first kappa shape index (κ1) is 32.5. The van der Waals surface area contributed by atoms with Gasteiger partial charge in [-0.3, -0.25) is 19.6 Å². The molecule has 1 aromatic carbocycles. The normalized spacial score (nSPS) is 20.6. The second-order valence-electron chi connectivity index (χ2n) is 11.4. The second-order valence-corrected chi connectivity index (χ2v) is 11.4. The van der Waals surface area contributed by atoms with Gasteiger partial charge in [0.05, 0.1) is 12.3 Å². The molecule has 3 heterocycles. The first-order valence-electron chi connectivity index (χ1n) is 13.9. The van der Waals surface area contributed by atoms with Gasteiger partial charge in [0, 0.05) is 44.5 Å². The van der Waals surface area contributed by atoms with Crippen molar-refractivity contribution in [3.63, 3.8) is 0 Å². The molecule has 13 heteroatoms. The number of amides is 3. The number of piperidine rings is 1. The summed E-state index contributed by atoms with van der Waals surface area (Å²) in [5.41, 5.74) is 11.9. The first-order valence-corrected chi connectivity index (χ1v) is 13.9. The first-order chi connectivity index (χ1) is 19.0. The highest BCUT2D eigenvalue weighted by atomic mass is 35.5. The van der Waals surface area contributed by atoms with E-state index < -0.39 is 23.9 Å². The Morgan fingerprint density at radius 2 is 1.80 bits per heavy atom. The van der Waals surface area contributed by atoms with Gasteiger partial charge < -0.3 is 26.4 Å². The van der Waals surface area contributed by atoms with Gasteiger partial charge in [0.2, 0.25) is 5.91 Å². The maximum Gasteiger partial charge on any atom is 0.354 e. The van der Waals surface area contributed by atoms with Crippen LogP contribution in [0.2, 0.25) is 0 Å². The average molecular weight is 591 g/mol. The molecule has 6 N–H and O–H groups in total. The number of aliphatic hydroxyl groups is 1. The van der Waals surface area contributed by atoms with Crippen molar-refractivity contribution in [3.8, 4) is 5.69 Å². The van der Waals surface area contributed by atoms with E-state index in [0.717, 1.165) is 32.5 Å². The van der Waals surface area contributed by atoms with Crippen LogP contribution in [0.4, 0.5) is 10.6 Å². The summed E-state index contributed by atoms with van der Waals surface area (Å²) in [6, 6.07) is 8.97. The molecule has 41 heavy (non-hydrogen) atoms. The smallest absolute Gasteiger partial charge is 0.354 e. The van der Waals surface area contributed by atoms with Crippen molar-refractivity contribution in [2.24, 2.45) is 17.4 Å². The Kier molecular flexibility index (Phi) is 10.9. The van der Waals surface area contributed by atoms with E-state index >= 15 is 0 Å². The highest BCUT2D eigenvalue weighted by molar-refractivity contribution is 5.89. The number of anilines is 1. The number of halogens is 1. The number of piperazine rings is 1. The zero-order chi connectivity index (χ0) is 29.0. The van der Waals surface area contributed by atoms with E-state index in [2.05, 4.69) is 22.1 Å². The van der Waals surface area contributed by atoms with Gasteiger partial charge in [-0.15, -0.1) is 12.4 Å². The third-order valence-electron chi connectivity index (χ3n) is 8.03. The predicted octanol–water partition coefficient (Wildman–Crippen LogP) is 0.988. The molecule has 3 amide bonds.